The molecule has 0 spiro atoms. The van der Waals surface area contributed by atoms with Crippen LogP contribution in [0.1, 0.15) is 17.2 Å². The molecule has 2 aromatic rings. The molecule has 10 heteroatoms. The molecule has 180 valence electrons. The Balaban J connectivity index is 1.50. The van der Waals surface area contributed by atoms with E-state index in [0.717, 1.165) is 11.1 Å². The molecule has 2 heterocycles. The van der Waals surface area contributed by atoms with Gasteiger partial charge in [0.05, 0.1) is 18.1 Å². The molecule has 2 aliphatic heterocycles. The number of carbonyl (C=O) groups excluding carboxylic acids is 2. The van der Waals surface area contributed by atoms with Crippen molar-refractivity contribution in [3.05, 3.63) is 69.8 Å². The van der Waals surface area contributed by atoms with E-state index >= 15 is 0 Å². The van der Waals surface area contributed by atoms with Gasteiger partial charge in [0.15, 0.2) is 0 Å². The number of morpholine rings is 1. The van der Waals surface area contributed by atoms with E-state index in [-0.39, 0.29) is 23.3 Å². The van der Waals surface area contributed by atoms with Crippen molar-refractivity contribution < 1.29 is 19.2 Å². The van der Waals surface area contributed by atoms with Gasteiger partial charge in [-0.15, -0.1) is 0 Å². The summed E-state index contributed by atoms with van der Waals surface area (Å²) < 4.78 is 5.33. The molecule has 0 radical (unpaired) electrons. The predicted octanol–water partition coefficient (Wildman–Crippen LogP) is 2.65. The number of nitrogens with one attached hydrogen (secondary N) is 1. The van der Waals surface area contributed by atoms with Crippen molar-refractivity contribution in [3.63, 3.8) is 0 Å². The highest BCUT2D eigenvalue weighted by atomic mass is 16.6. The normalized spacial score (nSPS) is 17.8. The Bertz CT molecular complexity index is 1030. The van der Waals surface area contributed by atoms with E-state index < -0.39 is 11.0 Å². The zero-order valence-corrected chi connectivity index (χ0v) is 19.2. The van der Waals surface area contributed by atoms with Gasteiger partial charge in [-0.25, -0.2) is 4.79 Å². The summed E-state index contributed by atoms with van der Waals surface area (Å²) in [5, 5.41) is 14.3. The van der Waals surface area contributed by atoms with Crippen molar-refractivity contribution in [1.82, 2.24) is 14.7 Å². The maximum Gasteiger partial charge on any atom is 0.320 e. The summed E-state index contributed by atoms with van der Waals surface area (Å²) in [7, 11) is 0. The second-order valence-corrected chi connectivity index (χ2v) is 8.49. The van der Waals surface area contributed by atoms with Crippen LogP contribution >= 0.6 is 0 Å². The van der Waals surface area contributed by atoms with Crippen LogP contribution in [0.3, 0.4) is 0 Å². The Labute approximate surface area is 198 Å². The lowest BCUT2D eigenvalue weighted by atomic mass is 10.0. The fraction of sp³-hybridized carbons (Fsp3) is 0.417. The summed E-state index contributed by atoms with van der Waals surface area (Å²) in [6, 6.07) is 13.5. The molecule has 0 bridgehead atoms. The molecule has 0 saturated carbocycles. The third-order valence-electron chi connectivity index (χ3n) is 6.20. The quantitative estimate of drug-likeness (QED) is 0.535. The van der Waals surface area contributed by atoms with Crippen molar-refractivity contribution >= 4 is 23.3 Å². The number of nitro groups is 1. The molecule has 1 N–H and O–H groups in total. The van der Waals surface area contributed by atoms with Crippen molar-refractivity contribution in [2.24, 2.45) is 0 Å². The summed E-state index contributed by atoms with van der Waals surface area (Å²) in [4.78, 5) is 43.0. The number of aryl methyl sites for hydroxylation is 1. The Morgan fingerprint density at radius 1 is 0.971 bits per heavy atom. The third kappa shape index (κ3) is 5.35. The summed E-state index contributed by atoms with van der Waals surface area (Å²) in [5.41, 5.74) is 1.57. The van der Waals surface area contributed by atoms with Gasteiger partial charge in [-0.05, 0) is 24.1 Å². The van der Waals surface area contributed by atoms with E-state index in [4.69, 9.17) is 4.74 Å². The monoisotopic (exact) mass is 467 g/mol. The van der Waals surface area contributed by atoms with Crippen molar-refractivity contribution in [2.45, 2.75) is 13.0 Å². The zero-order valence-electron chi connectivity index (χ0n) is 19.2. The maximum atomic E-state index is 13.5. The van der Waals surface area contributed by atoms with Crippen LogP contribution < -0.4 is 5.32 Å². The smallest absolute Gasteiger partial charge is 0.320 e. The summed E-state index contributed by atoms with van der Waals surface area (Å²) in [5.74, 6) is -0.342. The van der Waals surface area contributed by atoms with Crippen LogP contribution in [0.15, 0.2) is 48.5 Å². The van der Waals surface area contributed by atoms with E-state index in [1.54, 1.807) is 24.0 Å². The Morgan fingerprint density at radius 3 is 2.26 bits per heavy atom. The minimum Gasteiger partial charge on any atom is -0.378 e. The van der Waals surface area contributed by atoms with Crippen molar-refractivity contribution in [1.29, 1.82) is 0 Å². The Kier molecular flexibility index (Phi) is 7.39. The summed E-state index contributed by atoms with van der Waals surface area (Å²) >= 11 is 0. The van der Waals surface area contributed by atoms with Gasteiger partial charge in [0.25, 0.3) is 5.69 Å². The first-order valence-corrected chi connectivity index (χ1v) is 11.4. The highest BCUT2D eigenvalue weighted by Gasteiger charge is 2.34. The fourth-order valence-electron chi connectivity index (χ4n) is 4.39. The van der Waals surface area contributed by atoms with Crippen LogP contribution in [0, 0.1) is 17.0 Å². The fourth-order valence-corrected chi connectivity index (χ4v) is 4.39. The topological polar surface area (TPSA) is 108 Å². The van der Waals surface area contributed by atoms with Gasteiger partial charge in [-0.2, -0.15) is 0 Å². The number of rotatable bonds is 5. The van der Waals surface area contributed by atoms with Gasteiger partial charge in [0.2, 0.25) is 5.91 Å². The molecule has 34 heavy (non-hydrogen) atoms. The number of ether oxygens (including phenoxy) is 1. The lowest BCUT2D eigenvalue weighted by molar-refractivity contribution is -0.384. The number of hydrogen-bond donors (Lipinski definition) is 1. The molecule has 2 saturated heterocycles. The number of hydrogen-bond acceptors (Lipinski definition) is 6. The molecule has 4 rings (SSSR count). The van der Waals surface area contributed by atoms with Crippen LogP contribution in [-0.4, -0.2) is 84.0 Å². The van der Waals surface area contributed by atoms with Crippen LogP contribution in [0.4, 0.5) is 16.2 Å². The van der Waals surface area contributed by atoms with E-state index in [0.29, 0.717) is 52.5 Å². The van der Waals surface area contributed by atoms with Gasteiger partial charge < -0.3 is 19.9 Å². The number of anilines is 1. The zero-order chi connectivity index (χ0) is 24.1. The van der Waals surface area contributed by atoms with E-state index in [1.807, 2.05) is 40.1 Å². The van der Waals surface area contributed by atoms with Gasteiger partial charge in [-0.3, -0.25) is 19.8 Å². The minimum absolute atomic E-state index is 0.000979. The second kappa shape index (κ2) is 10.6. The standard InChI is InChI=1S/C24H29N5O5/c1-18-7-8-20(21(17-18)29(32)33)25-23(30)22(19-5-3-2-4-6-19)26-9-11-27(12-10-26)24(31)28-13-15-34-16-14-28/h2-8,17,22H,9-16H2,1H3,(H,25,30)/t22-/m0/s1. The van der Waals surface area contributed by atoms with Gasteiger partial charge in [0, 0.05) is 45.3 Å². The lowest BCUT2D eigenvalue weighted by Crippen LogP contribution is -2.56. The van der Waals surface area contributed by atoms with Crippen LogP contribution in [0.25, 0.3) is 0 Å². The SMILES string of the molecule is Cc1ccc(NC(=O)[C@H](c2ccccc2)N2CCN(C(=O)N3CCOCC3)CC2)c([N+](=O)[O-])c1. The number of urea groups is 1. The number of amides is 3. The number of benzene rings is 2. The molecule has 10 nitrogen and oxygen atoms in total. The number of carbonyl (C=O) groups is 2. The van der Waals surface area contributed by atoms with Gasteiger partial charge in [-0.1, -0.05) is 36.4 Å². The van der Waals surface area contributed by atoms with E-state index in [1.165, 1.54) is 6.07 Å². The van der Waals surface area contributed by atoms with Gasteiger partial charge >= 0.3 is 6.03 Å². The molecule has 0 unspecified atom stereocenters. The van der Waals surface area contributed by atoms with Crippen LogP contribution in [-0.2, 0) is 9.53 Å². The Hall–Kier alpha value is -3.50. The average molecular weight is 468 g/mol. The molecule has 3 amide bonds. The minimum atomic E-state index is -0.636. The maximum absolute atomic E-state index is 13.5. The molecule has 0 aromatic heterocycles. The van der Waals surface area contributed by atoms with Gasteiger partial charge in [0.1, 0.15) is 11.7 Å². The molecular weight excluding hydrogens is 438 g/mol. The molecule has 0 aliphatic carbocycles. The highest BCUT2D eigenvalue weighted by Crippen LogP contribution is 2.29. The average Bonchev–Trinajstić information content (AvgIpc) is 2.86. The number of nitro benzene ring substituents is 1. The first kappa shape index (κ1) is 23.7. The van der Waals surface area contributed by atoms with Crippen LogP contribution in [0.2, 0.25) is 0 Å². The molecule has 2 aliphatic rings. The van der Waals surface area contributed by atoms with E-state index in [9.17, 15) is 19.7 Å². The molecule has 2 fully saturated rings. The lowest BCUT2D eigenvalue weighted by Gasteiger charge is -2.41. The highest BCUT2D eigenvalue weighted by molar-refractivity contribution is 5.97. The van der Waals surface area contributed by atoms with Crippen LogP contribution in [0.5, 0.6) is 0 Å². The van der Waals surface area contributed by atoms with E-state index in [2.05, 4.69) is 5.32 Å². The number of piperazine rings is 1. The summed E-state index contributed by atoms with van der Waals surface area (Å²) in [6.45, 7) is 6.06. The molecule has 1 atom stereocenters. The number of nitrogens with zero attached hydrogens (tertiary/aromatic N) is 4. The second-order valence-electron chi connectivity index (χ2n) is 8.49. The first-order valence-electron chi connectivity index (χ1n) is 11.4. The summed E-state index contributed by atoms with van der Waals surface area (Å²) in [6.07, 6.45) is 0. The molecular formula is C24H29N5O5. The molecule has 2 aromatic carbocycles. The van der Waals surface area contributed by atoms with Crippen molar-refractivity contribution in [3.8, 4) is 0 Å². The first-order chi connectivity index (χ1) is 16.4. The third-order valence-corrected chi connectivity index (χ3v) is 6.20. The Morgan fingerprint density at radius 2 is 1.62 bits per heavy atom. The largest absolute Gasteiger partial charge is 0.378 e. The predicted molar refractivity (Wildman–Crippen MR) is 127 cm³/mol. The van der Waals surface area contributed by atoms with Crippen molar-refractivity contribution in [2.75, 3.05) is 57.8 Å².